The highest BCUT2D eigenvalue weighted by atomic mass is 16.5. The quantitative estimate of drug-likeness (QED) is 0.457. The van der Waals surface area contributed by atoms with Crippen molar-refractivity contribution in [3.63, 3.8) is 0 Å². The molecular formula is C23H44O3. The Bertz CT molecular complexity index is 364. The van der Waals surface area contributed by atoms with Crippen LogP contribution in [-0.4, -0.2) is 38.6 Å². The van der Waals surface area contributed by atoms with E-state index in [9.17, 15) is 0 Å². The molecule has 2 aliphatic rings. The van der Waals surface area contributed by atoms with E-state index in [0.717, 1.165) is 25.6 Å². The summed E-state index contributed by atoms with van der Waals surface area (Å²) in [6.07, 6.45) is 12.8. The second-order valence-electron chi connectivity index (χ2n) is 9.17. The smallest absolute Gasteiger partial charge is 0.0621 e. The van der Waals surface area contributed by atoms with E-state index in [-0.39, 0.29) is 0 Å². The van der Waals surface area contributed by atoms with E-state index in [4.69, 9.17) is 14.2 Å². The molecule has 3 nitrogen and oxygen atoms in total. The Balaban J connectivity index is 1.75. The second-order valence-corrected chi connectivity index (χ2v) is 9.17. The van der Waals surface area contributed by atoms with Crippen molar-refractivity contribution in [2.75, 3.05) is 20.3 Å². The maximum Gasteiger partial charge on any atom is 0.0621 e. The van der Waals surface area contributed by atoms with Gasteiger partial charge >= 0.3 is 0 Å². The summed E-state index contributed by atoms with van der Waals surface area (Å²) in [5.74, 6) is 2.66. The molecule has 2 aliphatic carbocycles. The van der Waals surface area contributed by atoms with Gasteiger partial charge in [-0.1, -0.05) is 39.5 Å². The minimum absolute atomic E-state index is 0.333. The topological polar surface area (TPSA) is 27.7 Å². The molecule has 3 unspecified atom stereocenters. The zero-order valence-corrected chi connectivity index (χ0v) is 18.0. The van der Waals surface area contributed by atoms with E-state index < -0.39 is 0 Å². The monoisotopic (exact) mass is 368 g/mol. The van der Waals surface area contributed by atoms with E-state index in [1.165, 1.54) is 51.4 Å². The summed E-state index contributed by atoms with van der Waals surface area (Å²) in [7, 11) is 1.87. The summed E-state index contributed by atoms with van der Waals surface area (Å²) in [4.78, 5) is 0. The van der Waals surface area contributed by atoms with Crippen LogP contribution < -0.4 is 0 Å². The molecule has 3 heteroatoms. The van der Waals surface area contributed by atoms with Gasteiger partial charge < -0.3 is 14.2 Å². The predicted octanol–water partition coefficient (Wildman–Crippen LogP) is 5.85. The lowest BCUT2D eigenvalue weighted by Gasteiger charge is -2.36. The molecule has 0 aromatic rings. The van der Waals surface area contributed by atoms with Crippen molar-refractivity contribution in [1.29, 1.82) is 0 Å². The molecule has 0 amide bonds. The van der Waals surface area contributed by atoms with Gasteiger partial charge in [-0.3, -0.25) is 0 Å². The van der Waals surface area contributed by atoms with Gasteiger partial charge in [0, 0.05) is 13.7 Å². The maximum absolute atomic E-state index is 6.32. The molecule has 2 rings (SSSR count). The van der Waals surface area contributed by atoms with Gasteiger partial charge in [0.15, 0.2) is 0 Å². The van der Waals surface area contributed by atoms with Gasteiger partial charge in [0.1, 0.15) is 0 Å². The molecule has 2 fully saturated rings. The van der Waals surface area contributed by atoms with Gasteiger partial charge in [0.25, 0.3) is 0 Å². The average Bonchev–Trinajstić information content (AvgIpc) is 3.17. The highest BCUT2D eigenvalue weighted by molar-refractivity contribution is 4.81. The lowest BCUT2D eigenvalue weighted by atomic mass is 9.77. The molecule has 5 atom stereocenters. The molecule has 0 N–H and O–H groups in total. The second kappa shape index (κ2) is 11.7. The summed E-state index contributed by atoms with van der Waals surface area (Å²) >= 11 is 0. The van der Waals surface area contributed by atoms with E-state index in [2.05, 4.69) is 27.7 Å². The van der Waals surface area contributed by atoms with Crippen LogP contribution in [-0.2, 0) is 14.2 Å². The van der Waals surface area contributed by atoms with Crippen LogP contribution in [0.3, 0.4) is 0 Å². The van der Waals surface area contributed by atoms with E-state index in [1.54, 1.807) is 0 Å². The van der Waals surface area contributed by atoms with Crippen molar-refractivity contribution < 1.29 is 14.2 Å². The van der Waals surface area contributed by atoms with Crippen LogP contribution in [0.4, 0.5) is 0 Å². The van der Waals surface area contributed by atoms with Crippen molar-refractivity contribution in [3.8, 4) is 0 Å². The molecule has 154 valence electrons. The number of hydrogen-bond acceptors (Lipinski definition) is 3. The fourth-order valence-corrected chi connectivity index (χ4v) is 4.90. The molecule has 0 bridgehead atoms. The predicted molar refractivity (Wildman–Crippen MR) is 108 cm³/mol. The third-order valence-electron chi connectivity index (χ3n) is 7.09. The Hall–Kier alpha value is -0.120. The van der Waals surface area contributed by atoms with E-state index >= 15 is 0 Å². The van der Waals surface area contributed by atoms with Crippen LogP contribution in [0.15, 0.2) is 0 Å². The SMILES string of the molecule is COC(CCO[C@@H](C)C1CCCCC1CO[C@@H](C)C(C)C)C1CCCC1. The number of rotatable bonds is 11. The van der Waals surface area contributed by atoms with Gasteiger partial charge in [-0.2, -0.15) is 0 Å². The summed E-state index contributed by atoms with van der Waals surface area (Å²) in [6, 6.07) is 0. The fraction of sp³-hybridized carbons (Fsp3) is 1.00. The molecule has 26 heavy (non-hydrogen) atoms. The normalized spacial score (nSPS) is 28.4. The highest BCUT2D eigenvalue weighted by Gasteiger charge is 2.31. The number of methoxy groups -OCH3 is 1. The molecule has 0 heterocycles. The largest absolute Gasteiger partial charge is 0.381 e. The highest BCUT2D eigenvalue weighted by Crippen LogP contribution is 2.35. The van der Waals surface area contributed by atoms with Crippen LogP contribution in [0.5, 0.6) is 0 Å². The molecule has 0 radical (unpaired) electrons. The Morgan fingerprint density at radius 3 is 2.15 bits per heavy atom. The van der Waals surface area contributed by atoms with Crippen LogP contribution in [0.25, 0.3) is 0 Å². The molecule has 0 saturated heterocycles. The first kappa shape index (κ1) is 22.2. The van der Waals surface area contributed by atoms with Gasteiger partial charge in [0.05, 0.1) is 24.9 Å². The minimum Gasteiger partial charge on any atom is -0.381 e. The first-order valence-corrected chi connectivity index (χ1v) is 11.3. The summed E-state index contributed by atoms with van der Waals surface area (Å²) < 4.78 is 18.3. The van der Waals surface area contributed by atoms with Crippen molar-refractivity contribution in [2.24, 2.45) is 23.7 Å². The zero-order chi connectivity index (χ0) is 18.9. The van der Waals surface area contributed by atoms with Gasteiger partial charge in [-0.25, -0.2) is 0 Å². The van der Waals surface area contributed by atoms with Gasteiger partial charge in [0.2, 0.25) is 0 Å². The molecule has 0 aromatic heterocycles. The van der Waals surface area contributed by atoms with Crippen molar-refractivity contribution >= 4 is 0 Å². The first-order chi connectivity index (χ1) is 12.5. The van der Waals surface area contributed by atoms with Gasteiger partial charge in [-0.15, -0.1) is 0 Å². The molecule has 0 aliphatic heterocycles. The third kappa shape index (κ3) is 6.80. The molecule has 2 saturated carbocycles. The lowest BCUT2D eigenvalue weighted by Crippen LogP contribution is -2.35. The van der Waals surface area contributed by atoms with E-state index in [1.807, 2.05) is 7.11 Å². The lowest BCUT2D eigenvalue weighted by molar-refractivity contribution is -0.0618. The number of hydrogen-bond donors (Lipinski definition) is 0. The van der Waals surface area contributed by atoms with Crippen molar-refractivity contribution in [1.82, 2.24) is 0 Å². The molecule has 0 aromatic carbocycles. The standard InChI is InChI=1S/C23H44O3/c1-17(2)18(3)26-16-21-12-8-9-13-22(21)19(4)25-15-14-23(24-5)20-10-6-7-11-20/h17-23H,6-16H2,1-5H3/t18-,19-,21?,22?,23?/m0/s1. The third-order valence-corrected chi connectivity index (χ3v) is 7.09. The fourth-order valence-electron chi connectivity index (χ4n) is 4.90. The molecule has 0 spiro atoms. The van der Waals surface area contributed by atoms with Gasteiger partial charge in [-0.05, 0) is 69.6 Å². The van der Waals surface area contributed by atoms with Crippen LogP contribution >= 0.6 is 0 Å². The first-order valence-electron chi connectivity index (χ1n) is 11.3. The Morgan fingerprint density at radius 1 is 0.846 bits per heavy atom. The summed E-state index contributed by atoms with van der Waals surface area (Å²) in [5.41, 5.74) is 0. The zero-order valence-electron chi connectivity index (χ0n) is 18.0. The van der Waals surface area contributed by atoms with Crippen molar-refractivity contribution in [2.45, 2.75) is 104 Å². The average molecular weight is 369 g/mol. The maximum atomic E-state index is 6.32. The molecular weight excluding hydrogens is 324 g/mol. The minimum atomic E-state index is 0.333. The Labute approximate surface area is 162 Å². The van der Waals surface area contributed by atoms with E-state index in [0.29, 0.717) is 36.1 Å². The summed E-state index contributed by atoms with van der Waals surface area (Å²) in [6.45, 7) is 10.7. The summed E-state index contributed by atoms with van der Waals surface area (Å²) in [5, 5.41) is 0. The van der Waals surface area contributed by atoms with Crippen molar-refractivity contribution in [3.05, 3.63) is 0 Å². The Morgan fingerprint density at radius 2 is 1.50 bits per heavy atom. The number of ether oxygens (including phenoxy) is 3. The van der Waals surface area contributed by atoms with Crippen LogP contribution in [0.2, 0.25) is 0 Å². The van der Waals surface area contributed by atoms with Crippen LogP contribution in [0, 0.1) is 23.7 Å². The van der Waals surface area contributed by atoms with Crippen LogP contribution in [0.1, 0.15) is 85.5 Å². The Kier molecular flexibility index (Phi) is 9.94.